The van der Waals surface area contributed by atoms with Crippen molar-refractivity contribution in [2.24, 2.45) is 0 Å². The van der Waals surface area contributed by atoms with Crippen LogP contribution in [0, 0.1) is 12.3 Å². The monoisotopic (exact) mass is 423 g/mol. The van der Waals surface area contributed by atoms with Crippen LogP contribution in [0.2, 0.25) is 5.04 Å². The van der Waals surface area contributed by atoms with E-state index in [9.17, 15) is 9.90 Å². The maximum atomic E-state index is 12.0. The molecule has 0 aliphatic rings. The summed E-state index contributed by atoms with van der Waals surface area (Å²) in [4.78, 5) is 13.3. The summed E-state index contributed by atoms with van der Waals surface area (Å²) >= 11 is 0. The molecular weight excluding hydrogens is 390 g/mol. The highest BCUT2D eigenvalue weighted by Gasteiger charge is 2.50. The maximum absolute atomic E-state index is 12.0. The molecule has 1 atom stereocenters. The largest absolute Gasteiger partial charge is 0.465 e. The van der Waals surface area contributed by atoms with Gasteiger partial charge < -0.3 is 9.53 Å². The minimum Gasteiger partial charge on any atom is -0.465 e. The van der Waals surface area contributed by atoms with E-state index in [0.717, 1.165) is 10.4 Å². The van der Waals surface area contributed by atoms with Crippen LogP contribution < -0.4 is 10.4 Å². The van der Waals surface area contributed by atoms with Crippen molar-refractivity contribution in [2.75, 3.05) is 6.61 Å². The molecule has 2 aromatic carbocycles. The molecule has 1 N–H and O–H groups in total. The Hall–Kier alpha value is -2.55. The highest BCUT2D eigenvalue weighted by molar-refractivity contribution is 6.99. The number of carbonyl (C=O) groups is 1. The highest BCUT2D eigenvalue weighted by Crippen LogP contribution is 2.37. The topological polar surface area (TPSA) is 49.8 Å². The number of nitrogens with zero attached hydrogens (tertiary/aromatic N) is 1. The SMILES string of the molecule is C#C[C@@H](CO[Si](c1ccccc1)(c1ccccc1)C(C)(C)C)N(C(=O)O)C(C)(C)C. The third kappa shape index (κ3) is 4.77. The molecular formula is C25H33NO3Si. The quantitative estimate of drug-likeness (QED) is 0.555. The molecule has 0 aliphatic carbocycles. The number of hydrogen-bond donors (Lipinski definition) is 1. The van der Waals surface area contributed by atoms with Gasteiger partial charge in [0.15, 0.2) is 0 Å². The first-order valence-corrected chi connectivity index (χ1v) is 12.1. The van der Waals surface area contributed by atoms with E-state index < -0.39 is 26.0 Å². The lowest BCUT2D eigenvalue weighted by atomic mass is 10.0. The zero-order chi connectivity index (χ0) is 22.6. The molecule has 0 fully saturated rings. The van der Waals surface area contributed by atoms with Crippen LogP contribution >= 0.6 is 0 Å². The fourth-order valence-corrected chi connectivity index (χ4v) is 8.61. The summed E-state index contributed by atoms with van der Waals surface area (Å²) in [5, 5.41) is 11.9. The van der Waals surface area contributed by atoms with E-state index in [0.29, 0.717) is 0 Å². The van der Waals surface area contributed by atoms with Crippen LogP contribution in [0.25, 0.3) is 0 Å². The molecule has 0 spiro atoms. The Bertz CT molecular complexity index is 837. The van der Waals surface area contributed by atoms with Crippen LogP contribution in [0.5, 0.6) is 0 Å². The second-order valence-electron chi connectivity index (χ2n) is 9.48. The van der Waals surface area contributed by atoms with Gasteiger partial charge in [-0.1, -0.05) is 87.4 Å². The molecule has 1 amide bonds. The van der Waals surface area contributed by atoms with Gasteiger partial charge in [-0.25, -0.2) is 4.79 Å². The predicted octanol–water partition coefficient (Wildman–Crippen LogP) is 4.34. The number of rotatable bonds is 6. The summed E-state index contributed by atoms with van der Waals surface area (Å²) in [6.45, 7) is 12.2. The summed E-state index contributed by atoms with van der Waals surface area (Å²) in [6, 6.07) is 19.8. The van der Waals surface area contributed by atoms with E-state index in [-0.39, 0.29) is 11.6 Å². The van der Waals surface area contributed by atoms with Crippen molar-refractivity contribution in [3.05, 3.63) is 60.7 Å². The summed E-state index contributed by atoms with van der Waals surface area (Å²) in [5.74, 6) is 2.66. The Balaban J connectivity index is 2.59. The molecule has 0 radical (unpaired) electrons. The molecule has 0 aliphatic heterocycles. The van der Waals surface area contributed by atoms with E-state index in [4.69, 9.17) is 10.8 Å². The summed E-state index contributed by atoms with van der Waals surface area (Å²) in [7, 11) is -2.78. The van der Waals surface area contributed by atoms with E-state index in [2.05, 4.69) is 51.0 Å². The van der Waals surface area contributed by atoms with Crippen LogP contribution in [-0.4, -0.2) is 42.6 Å². The zero-order valence-electron chi connectivity index (χ0n) is 18.8. The van der Waals surface area contributed by atoms with Gasteiger partial charge in [0.25, 0.3) is 8.32 Å². The van der Waals surface area contributed by atoms with E-state index in [1.54, 1.807) is 0 Å². The zero-order valence-corrected chi connectivity index (χ0v) is 19.8. The lowest BCUT2D eigenvalue weighted by molar-refractivity contribution is 0.0684. The summed E-state index contributed by atoms with van der Waals surface area (Å²) in [5.41, 5.74) is -0.641. The molecule has 0 aromatic heterocycles. The third-order valence-electron chi connectivity index (χ3n) is 5.31. The van der Waals surface area contributed by atoms with Crippen molar-refractivity contribution in [1.82, 2.24) is 4.90 Å². The summed E-state index contributed by atoms with van der Waals surface area (Å²) < 4.78 is 6.84. The van der Waals surface area contributed by atoms with Gasteiger partial charge in [0.05, 0.1) is 6.61 Å². The number of amides is 1. The molecule has 0 heterocycles. The smallest absolute Gasteiger partial charge is 0.408 e. The fourth-order valence-electron chi connectivity index (χ4n) is 4.05. The van der Waals surface area contributed by atoms with Crippen molar-refractivity contribution in [3.8, 4) is 12.3 Å². The number of benzene rings is 2. The van der Waals surface area contributed by atoms with Gasteiger partial charge in [0.1, 0.15) is 6.04 Å². The first kappa shape index (κ1) is 23.7. The lowest BCUT2D eigenvalue weighted by Crippen LogP contribution is -2.67. The van der Waals surface area contributed by atoms with Crippen LogP contribution in [0.1, 0.15) is 41.5 Å². The van der Waals surface area contributed by atoms with Crippen molar-refractivity contribution >= 4 is 24.8 Å². The van der Waals surface area contributed by atoms with Gasteiger partial charge in [-0.2, -0.15) is 0 Å². The molecule has 30 heavy (non-hydrogen) atoms. The van der Waals surface area contributed by atoms with Crippen LogP contribution in [-0.2, 0) is 4.43 Å². The molecule has 0 unspecified atom stereocenters. The summed E-state index contributed by atoms with van der Waals surface area (Å²) in [6.07, 6.45) is 4.76. The van der Waals surface area contributed by atoms with Crippen molar-refractivity contribution in [2.45, 2.75) is 58.2 Å². The molecule has 5 heteroatoms. The molecule has 2 aromatic rings. The minimum atomic E-state index is -2.78. The van der Waals surface area contributed by atoms with E-state index >= 15 is 0 Å². The molecule has 0 saturated carbocycles. The fraction of sp³-hybridized carbons (Fsp3) is 0.400. The molecule has 0 bridgehead atoms. The van der Waals surface area contributed by atoms with Gasteiger partial charge >= 0.3 is 6.09 Å². The Kier molecular flexibility index (Phi) is 7.17. The Morgan fingerprint density at radius 1 is 1.00 bits per heavy atom. The van der Waals surface area contributed by atoms with Gasteiger partial charge in [0.2, 0.25) is 0 Å². The van der Waals surface area contributed by atoms with Crippen LogP contribution in [0.15, 0.2) is 60.7 Å². The average molecular weight is 424 g/mol. The second-order valence-corrected chi connectivity index (χ2v) is 13.8. The van der Waals surface area contributed by atoms with Gasteiger partial charge in [-0.15, -0.1) is 6.42 Å². The minimum absolute atomic E-state index is 0.132. The van der Waals surface area contributed by atoms with Gasteiger partial charge in [0, 0.05) is 5.54 Å². The third-order valence-corrected chi connectivity index (χ3v) is 10.3. The Morgan fingerprint density at radius 2 is 1.43 bits per heavy atom. The molecule has 160 valence electrons. The highest BCUT2D eigenvalue weighted by atomic mass is 28.4. The lowest BCUT2D eigenvalue weighted by Gasteiger charge is -2.45. The predicted molar refractivity (Wildman–Crippen MR) is 126 cm³/mol. The van der Waals surface area contributed by atoms with Crippen molar-refractivity contribution in [1.29, 1.82) is 0 Å². The Morgan fingerprint density at radius 3 is 1.73 bits per heavy atom. The van der Waals surface area contributed by atoms with Crippen LogP contribution in [0.4, 0.5) is 4.79 Å². The first-order valence-electron chi connectivity index (χ1n) is 10.2. The van der Waals surface area contributed by atoms with Gasteiger partial charge in [-0.3, -0.25) is 4.90 Å². The van der Waals surface area contributed by atoms with Gasteiger partial charge in [-0.05, 0) is 36.2 Å². The number of hydrogen-bond acceptors (Lipinski definition) is 2. The van der Waals surface area contributed by atoms with Crippen molar-refractivity contribution < 1.29 is 14.3 Å². The van der Waals surface area contributed by atoms with E-state index in [1.807, 2.05) is 57.2 Å². The first-order chi connectivity index (χ1) is 13.9. The molecule has 0 saturated heterocycles. The average Bonchev–Trinajstić information content (AvgIpc) is 2.66. The maximum Gasteiger partial charge on any atom is 0.408 e. The Labute approximate surface area is 182 Å². The number of terminal acetylenes is 1. The molecule has 2 rings (SSSR count). The normalized spacial score (nSPS) is 13.4. The molecule has 4 nitrogen and oxygen atoms in total. The number of carboxylic acid groups (broad SMARTS) is 1. The van der Waals surface area contributed by atoms with E-state index in [1.165, 1.54) is 4.90 Å². The standard InChI is InChI=1S/C25H33NO3Si/c1-8-20(26(23(27)28)24(2,3)4)19-29-30(25(5,6)7,21-15-11-9-12-16-21)22-17-13-10-14-18-22/h1,9-18,20H,19H2,2-7H3,(H,27,28)/t20-/m0/s1. The van der Waals surface area contributed by atoms with Crippen molar-refractivity contribution in [3.63, 3.8) is 0 Å². The van der Waals surface area contributed by atoms with Crippen LogP contribution in [0.3, 0.4) is 0 Å². The second kappa shape index (κ2) is 9.07.